The molecule has 0 unspecified atom stereocenters. The Bertz CT molecular complexity index is 407. The number of amides is 2. The van der Waals surface area contributed by atoms with Crippen molar-refractivity contribution in [3.8, 4) is 0 Å². The zero-order chi connectivity index (χ0) is 14.8. The van der Waals surface area contributed by atoms with E-state index in [1.807, 2.05) is 11.8 Å². The molecule has 21 heavy (non-hydrogen) atoms. The van der Waals surface area contributed by atoms with Crippen molar-refractivity contribution in [2.75, 3.05) is 26.2 Å². The smallest absolute Gasteiger partial charge is 0.409 e. The standard InChI is InChI=1S/C15H25N3O3/c1-2-21-15(20)17-7-5-11(6-8-17)18-12-3-4-13(18)10-16-14(19)9-12/h11-13H,2-10H2,1H3,(H,16,19)/t12-,13+/m1/s1. The van der Waals surface area contributed by atoms with Gasteiger partial charge < -0.3 is 15.0 Å². The number of piperidine rings is 1. The van der Waals surface area contributed by atoms with Gasteiger partial charge in [0.1, 0.15) is 0 Å². The molecule has 0 radical (unpaired) electrons. The van der Waals surface area contributed by atoms with Gasteiger partial charge in [0.25, 0.3) is 0 Å². The van der Waals surface area contributed by atoms with Crippen LogP contribution in [0.2, 0.25) is 0 Å². The van der Waals surface area contributed by atoms with Gasteiger partial charge in [-0.3, -0.25) is 9.69 Å². The average molecular weight is 295 g/mol. The predicted octanol–water partition coefficient (Wildman–Crippen LogP) is 0.960. The van der Waals surface area contributed by atoms with Crippen LogP contribution in [0.4, 0.5) is 4.79 Å². The normalized spacial score (nSPS) is 30.9. The molecule has 3 fully saturated rings. The lowest BCUT2D eigenvalue weighted by Crippen LogP contribution is -2.51. The first-order valence-electron chi connectivity index (χ1n) is 8.15. The number of nitrogens with zero attached hydrogens (tertiary/aromatic N) is 2. The highest BCUT2D eigenvalue weighted by atomic mass is 16.6. The molecule has 118 valence electrons. The fraction of sp³-hybridized carbons (Fsp3) is 0.867. The Kier molecular flexibility index (Phi) is 4.33. The van der Waals surface area contributed by atoms with Crippen LogP contribution in [0.15, 0.2) is 0 Å². The summed E-state index contributed by atoms with van der Waals surface area (Å²) in [4.78, 5) is 27.8. The van der Waals surface area contributed by atoms with Gasteiger partial charge in [0.2, 0.25) is 5.91 Å². The Morgan fingerprint density at radius 1 is 1.19 bits per heavy atom. The summed E-state index contributed by atoms with van der Waals surface area (Å²) in [6, 6.07) is 1.39. The molecule has 0 aromatic heterocycles. The third kappa shape index (κ3) is 3.00. The lowest BCUT2D eigenvalue weighted by molar-refractivity contribution is -0.121. The van der Waals surface area contributed by atoms with E-state index >= 15 is 0 Å². The first-order valence-corrected chi connectivity index (χ1v) is 8.15. The molecule has 0 spiro atoms. The minimum atomic E-state index is -0.188. The first kappa shape index (κ1) is 14.6. The highest BCUT2D eigenvalue weighted by Gasteiger charge is 2.42. The van der Waals surface area contributed by atoms with Gasteiger partial charge in [-0.15, -0.1) is 0 Å². The van der Waals surface area contributed by atoms with Crippen LogP contribution < -0.4 is 5.32 Å². The lowest BCUT2D eigenvalue weighted by atomic mass is 10.0. The number of fused-ring (bicyclic) bond motifs is 2. The van der Waals surface area contributed by atoms with Crippen LogP contribution in [0.5, 0.6) is 0 Å². The fourth-order valence-electron chi connectivity index (χ4n) is 4.07. The van der Waals surface area contributed by atoms with Crippen LogP contribution in [0.3, 0.4) is 0 Å². The maximum absolute atomic E-state index is 11.8. The van der Waals surface area contributed by atoms with Gasteiger partial charge >= 0.3 is 6.09 Å². The van der Waals surface area contributed by atoms with E-state index in [9.17, 15) is 9.59 Å². The maximum atomic E-state index is 11.8. The zero-order valence-electron chi connectivity index (χ0n) is 12.7. The average Bonchev–Trinajstić information content (AvgIpc) is 2.79. The van der Waals surface area contributed by atoms with Gasteiger partial charge in [-0.25, -0.2) is 4.79 Å². The van der Waals surface area contributed by atoms with Crippen LogP contribution in [0, 0.1) is 0 Å². The van der Waals surface area contributed by atoms with Crippen molar-refractivity contribution in [3.05, 3.63) is 0 Å². The number of hydrogen-bond acceptors (Lipinski definition) is 4. The summed E-state index contributed by atoms with van der Waals surface area (Å²) >= 11 is 0. The second-order valence-electron chi connectivity index (χ2n) is 6.26. The SMILES string of the molecule is CCOC(=O)N1CCC(N2[C@@H]3CC[C@H]2CNC(=O)C3)CC1. The molecule has 2 atom stereocenters. The van der Waals surface area contributed by atoms with E-state index < -0.39 is 0 Å². The molecule has 6 heteroatoms. The first-order chi connectivity index (χ1) is 10.2. The summed E-state index contributed by atoms with van der Waals surface area (Å²) < 4.78 is 5.07. The number of ether oxygens (including phenoxy) is 1. The minimum Gasteiger partial charge on any atom is -0.450 e. The highest BCUT2D eigenvalue weighted by Crippen LogP contribution is 2.33. The molecule has 0 saturated carbocycles. The van der Waals surface area contributed by atoms with E-state index in [0.717, 1.165) is 38.9 Å². The quantitative estimate of drug-likeness (QED) is 0.824. The van der Waals surface area contributed by atoms with Crippen molar-refractivity contribution in [1.29, 1.82) is 0 Å². The van der Waals surface area contributed by atoms with E-state index in [4.69, 9.17) is 4.74 Å². The Balaban J connectivity index is 1.59. The van der Waals surface area contributed by atoms with E-state index in [1.54, 1.807) is 0 Å². The molecule has 3 saturated heterocycles. The van der Waals surface area contributed by atoms with Gasteiger partial charge in [-0.05, 0) is 32.6 Å². The molecule has 3 heterocycles. The molecular weight excluding hydrogens is 270 g/mol. The van der Waals surface area contributed by atoms with E-state index in [2.05, 4.69) is 10.2 Å². The second kappa shape index (κ2) is 6.22. The molecule has 0 aliphatic carbocycles. The molecule has 0 aromatic rings. The second-order valence-corrected chi connectivity index (χ2v) is 6.26. The molecule has 6 nitrogen and oxygen atoms in total. The van der Waals surface area contributed by atoms with Crippen molar-refractivity contribution < 1.29 is 14.3 Å². The number of rotatable bonds is 2. The summed E-state index contributed by atoms with van der Waals surface area (Å²) in [5.74, 6) is 0.191. The fourth-order valence-corrected chi connectivity index (χ4v) is 4.07. The van der Waals surface area contributed by atoms with Gasteiger partial charge in [0.15, 0.2) is 0 Å². The Morgan fingerprint density at radius 2 is 1.90 bits per heavy atom. The summed E-state index contributed by atoms with van der Waals surface area (Å²) in [7, 11) is 0. The van der Waals surface area contributed by atoms with Gasteiger partial charge in [-0.2, -0.15) is 0 Å². The summed E-state index contributed by atoms with van der Waals surface area (Å²) in [5.41, 5.74) is 0. The molecule has 2 bridgehead atoms. The Labute approximate surface area is 125 Å². The molecule has 2 amide bonds. The third-order valence-corrected chi connectivity index (χ3v) is 5.04. The number of likely N-dealkylation sites (tertiary alicyclic amines) is 1. The monoisotopic (exact) mass is 295 g/mol. The van der Waals surface area contributed by atoms with Gasteiger partial charge in [0, 0.05) is 44.2 Å². The molecule has 1 N–H and O–H groups in total. The highest BCUT2D eigenvalue weighted by molar-refractivity contribution is 5.77. The largest absolute Gasteiger partial charge is 0.450 e. The number of nitrogens with one attached hydrogen (secondary N) is 1. The molecule has 3 rings (SSSR count). The number of hydrogen-bond donors (Lipinski definition) is 1. The Morgan fingerprint density at radius 3 is 2.62 bits per heavy atom. The van der Waals surface area contributed by atoms with Crippen molar-refractivity contribution in [1.82, 2.24) is 15.1 Å². The minimum absolute atomic E-state index is 0.188. The van der Waals surface area contributed by atoms with E-state index in [0.29, 0.717) is 31.2 Å². The molecule has 0 aromatic carbocycles. The topological polar surface area (TPSA) is 61.9 Å². The molecular formula is C15H25N3O3. The van der Waals surface area contributed by atoms with E-state index in [-0.39, 0.29) is 12.0 Å². The Hall–Kier alpha value is -1.30. The number of carbonyl (C=O) groups excluding carboxylic acids is 2. The van der Waals surface area contributed by atoms with Gasteiger partial charge in [-0.1, -0.05) is 0 Å². The van der Waals surface area contributed by atoms with Crippen molar-refractivity contribution >= 4 is 12.0 Å². The maximum Gasteiger partial charge on any atom is 0.409 e. The zero-order valence-corrected chi connectivity index (χ0v) is 12.7. The van der Waals surface area contributed by atoms with E-state index in [1.165, 1.54) is 6.42 Å². The van der Waals surface area contributed by atoms with Crippen LogP contribution in [0.25, 0.3) is 0 Å². The van der Waals surface area contributed by atoms with Crippen LogP contribution in [-0.2, 0) is 9.53 Å². The summed E-state index contributed by atoms with van der Waals surface area (Å²) in [5, 5.41) is 3.02. The summed E-state index contributed by atoms with van der Waals surface area (Å²) in [6.45, 7) is 4.58. The van der Waals surface area contributed by atoms with Gasteiger partial charge in [0.05, 0.1) is 6.61 Å². The van der Waals surface area contributed by atoms with Crippen molar-refractivity contribution in [2.45, 2.75) is 57.2 Å². The summed E-state index contributed by atoms with van der Waals surface area (Å²) in [6.07, 6.45) is 4.74. The molecule has 3 aliphatic heterocycles. The van der Waals surface area contributed by atoms with Crippen molar-refractivity contribution in [2.24, 2.45) is 0 Å². The molecule has 3 aliphatic rings. The third-order valence-electron chi connectivity index (χ3n) is 5.04. The lowest BCUT2D eigenvalue weighted by Gasteiger charge is -2.40. The number of carbonyl (C=O) groups is 2. The van der Waals surface area contributed by atoms with Crippen LogP contribution in [0.1, 0.15) is 39.0 Å². The predicted molar refractivity (Wildman–Crippen MR) is 77.9 cm³/mol. The van der Waals surface area contributed by atoms with Crippen LogP contribution in [-0.4, -0.2) is 66.2 Å². The van der Waals surface area contributed by atoms with Crippen LogP contribution >= 0.6 is 0 Å². The van der Waals surface area contributed by atoms with Crippen molar-refractivity contribution in [3.63, 3.8) is 0 Å².